The third-order valence-corrected chi connectivity index (χ3v) is 8.32. The summed E-state index contributed by atoms with van der Waals surface area (Å²) in [7, 11) is 0. The molecule has 0 bridgehead atoms. The molecule has 1 nitrogen and oxygen atoms in total. The summed E-state index contributed by atoms with van der Waals surface area (Å²) in [6, 6.07) is 37.9. The number of benzene rings is 5. The van der Waals surface area contributed by atoms with E-state index < -0.39 is 0 Å². The van der Waals surface area contributed by atoms with Crippen LogP contribution in [0.15, 0.2) is 108 Å². The molecule has 2 aliphatic carbocycles. The van der Waals surface area contributed by atoms with Crippen molar-refractivity contribution in [3.8, 4) is 22.3 Å². The number of H-pyrrole nitrogens is 1. The molecular formula is C31H18BrN. The average Bonchev–Trinajstić information content (AvgIpc) is 3.48. The van der Waals surface area contributed by atoms with Gasteiger partial charge in [0.15, 0.2) is 0 Å². The summed E-state index contributed by atoms with van der Waals surface area (Å²) in [5.74, 6) is 0. The van der Waals surface area contributed by atoms with Gasteiger partial charge in [-0.15, -0.1) is 0 Å². The van der Waals surface area contributed by atoms with Gasteiger partial charge in [0.25, 0.3) is 0 Å². The van der Waals surface area contributed by atoms with Gasteiger partial charge in [0.1, 0.15) is 0 Å². The van der Waals surface area contributed by atoms with Crippen molar-refractivity contribution in [3.05, 3.63) is 130 Å². The molecule has 6 aromatic rings. The second kappa shape index (κ2) is 6.03. The van der Waals surface area contributed by atoms with Gasteiger partial charge in [-0.25, -0.2) is 0 Å². The van der Waals surface area contributed by atoms with Gasteiger partial charge in [0.05, 0.1) is 10.9 Å². The first-order valence-electron chi connectivity index (χ1n) is 11.3. The van der Waals surface area contributed by atoms with E-state index in [-0.39, 0.29) is 5.41 Å². The van der Waals surface area contributed by atoms with Crippen LogP contribution in [-0.4, -0.2) is 4.98 Å². The van der Waals surface area contributed by atoms with Crippen molar-refractivity contribution >= 4 is 37.7 Å². The third kappa shape index (κ3) is 1.96. The summed E-state index contributed by atoms with van der Waals surface area (Å²) >= 11 is 3.99. The highest BCUT2D eigenvalue weighted by Crippen LogP contribution is 2.64. The van der Waals surface area contributed by atoms with Gasteiger partial charge in [-0.3, -0.25) is 0 Å². The molecule has 0 saturated carbocycles. The predicted molar refractivity (Wildman–Crippen MR) is 140 cm³/mol. The van der Waals surface area contributed by atoms with E-state index in [9.17, 15) is 0 Å². The largest absolute Gasteiger partial charge is 0.354 e. The predicted octanol–water partition coefficient (Wildman–Crippen LogP) is 8.43. The van der Waals surface area contributed by atoms with Crippen LogP contribution >= 0.6 is 15.9 Å². The molecule has 0 atom stereocenters. The Labute approximate surface area is 199 Å². The Balaban J connectivity index is 1.65. The molecule has 1 heterocycles. The second-order valence-electron chi connectivity index (χ2n) is 9.09. The summed E-state index contributed by atoms with van der Waals surface area (Å²) in [6.45, 7) is 0. The molecule has 2 aliphatic rings. The maximum atomic E-state index is 3.99. The maximum Gasteiger partial charge on any atom is 0.0726 e. The number of halogens is 1. The van der Waals surface area contributed by atoms with Gasteiger partial charge < -0.3 is 4.98 Å². The Kier molecular flexibility index (Phi) is 3.27. The van der Waals surface area contributed by atoms with E-state index in [1.165, 1.54) is 66.3 Å². The van der Waals surface area contributed by atoms with Crippen LogP contribution in [0, 0.1) is 0 Å². The molecule has 1 aromatic heterocycles. The van der Waals surface area contributed by atoms with Crippen molar-refractivity contribution in [1.29, 1.82) is 0 Å². The summed E-state index contributed by atoms with van der Waals surface area (Å²) in [5, 5.41) is 2.52. The van der Waals surface area contributed by atoms with Crippen LogP contribution in [0.5, 0.6) is 0 Å². The molecule has 0 saturated heterocycles. The standard InChI is InChI=1S/C31H18BrN/c32-26-17-25-28(30-29(26)21-12-4-8-16-27(21)33-30)20-11-3-7-15-24(20)31(25)22-13-5-1-9-18(22)19-10-2-6-14-23(19)31/h1-17,33H. The highest BCUT2D eigenvalue weighted by atomic mass is 79.9. The van der Waals surface area contributed by atoms with E-state index in [0.717, 1.165) is 4.47 Å². The first-order valence-corrected chi connectivity index (χ1v) is 12.1. The lowest BCUT2D eigenvalue weighted by atomic mass is 9.70. The smallest absolute Gasteiger partial charge is 0.0726 e. The lowest BCUT2D eigenvalue weighted by molar-refractivity contribution is 0.794. The van der Waals surface area contributed by atoms with E-state index in [1.54, 1.807) is 0 Å². The minimum atomic E-state index is -0.312. The fourth-order valence-electron chi connectivity index (χ4n) is 6.55. The molecule has 0 fully saturated rings. The molecule has 33 heavy (non-hydrogen) atoms. The fourth-order valence-corrected chi connectivity index (χ4v) is 7.19. The van der Waals surface area contributed by atoms with Crippen molar-refractivity contribution in [1.82, 2.24) is 4.98 Å². The molecule has 5 aromatic carbocycles. The minimum Gasteiger partial charge on any atom is -0.354 e. The number of aromatic nitrogens is 1. The Bertz CT molecular complexity index is 1740. The van der Waals surface area contributed by atoms with Crippen LogP contribution in [0.4, 0.5) is 0 Å². The summed E-state index contributed by atoms with van der Waals surface area (Å²) in [5.41, 5.74) is 12.9. The summed E-state index contributed by atoms with van der Waals surface area (Å²) in [6.07, 6.45) is 0. The molecule has 8 rings (SSSR count). The number of aromatic amines is 1. The zero-order valence-corrected chi connectivity index (χ0v) is 19.3. The van der Waals surface area contributed by atoms with Gasteiger partial charge >= 0.3 is 0 Å². The van der Waals surface area contributed by atoms with Crippen molar-refractivity contribution in [3.63, 3.8) is 0 Å². The molecule has 0 radical (unpaired) electrons. The zero-order valence-electron chi connectivity index (χ0n) is 17.7. The Hall–Kier alpha value is -3.62. The Morgan fingerprint density at radius 1 is 0.576 bits per heavy atom. The Morgan fingerprint density at radius 3 is 1.82 bits per heavy atom. The molecular weight excluding hydrogens is 466 g/mol. The monoisotopic (exact) mass is 483 g/mol. The third-order valence-electron chi connectivity index (χ3n) is 7.69. The summed E-state index contributed by atoms with van der Waals surface area (Å²) < 4.78 is 1.14. The highest BCUT2D eigenvalue weighted by molar-refractivity contribution is 9.10. The van der Waals surface area contributed by atoms with Gasteiger partial charge in [-0.2, -0.15) is 0 Å². The molecule has 2 heteroatoms. The van der Waals surface area contributed by atoms with Crippen LogP contribution in [0.2, 0.25) is 0 Å². The maximum absolute atomic E-state index is 3.99. The van der Waals surface area contributed by atoms with Gasteiger partial charge in [0.2, 0.25) is 0 Å². The van der Waals surface area contributed by atoms with Gasteiger partial charge in [0, 0.05) is 26.3 Å². The van der Waals surface area contributed by atoms with E-state index in [2.05, 4.69) is 124 Å². The number of nitrogens with one attached hydrogen (secondary N) is 1. The molecule has 1 N–H and O–H groups in total. The number of fused-ring (bicyclic) bond motifs is 14. The molecule has 0 unspecified atom stereocenters. The first-order chi connectivity index (χ1) is 16.3. The molecule has 154 valence electrons. The number of rotatable bonds is 0. The Morgan fingerprint density at radius 2 is 1.12 bits per heavy atom. The lowest BCUT2D eigenvalue weighted by Crippen LogP contribution is -2.25. The minimum absolute atomic E-state index is 0.312. The quantitative estimate of drug-likeness (QED) is 0.222. The fraction of sp³-hybridized carbons (Fsp3) is 0.0323. The van der Waals surface area contributed by atoms with Gasteiger partial charge in [-0.05, 0) is 51.1 Å². The van der Waals surface area contributed by atoms with Crippen LogP contribution in [0.3, 0.4) is 0 Å². The van der Waals surface area contributed by atoms with E-state index in [4.69, 9.17) is 0 Å². The number of hydrogen-bond acceptors (Lipinski definition) is 0. The highest BCUT2D eigenvalue weighted by Gasteiger charge is 2.52. The topological polar surface area (TPSA) is 15.8 Å². The molecule has 0 amide bonds. The number of para-hydroxylation sites is 1. The van der Waals surface area contributed by atoms with Crippen LogP contribution in [0.1, 0.15) is 22.3 Å². The normalized spacial score (nSPS) is 14.5. The second-order valence-corrected chi connectivity index (χ2v) is 9.94. The van der Waals surface area contributed by atoms with E-state index in [0.29, 0.717) is 0 Å². The first kappa shape index (κ1) is 17.9. The number of hydrogen-bond donors (Lipinski definition) is 1. The van der Waals surface area contributed by atoms with Crippen molar-refractivity contribution in [2.24, 2.45) is 0 Å². The zero-order chi connectivity index (χ0) is 21.7. The lowest BCUT2D eigenvalue weighted by Gasteiger charge is -2.30. The van der Waals surface area contributed by atoms with E-state index in [1.807, 2.05) is 0 Å². The van der Waals surface area contributed by atoms with Crippen LogP contribution < -0.4 is 0 Å². The molecule has 1 spiro atoms. The van der Waals surface area contributed by atoms with E-state index >= 15 is 0 Å². The van der Waals surface area contributed by atoms with Crippen LogP contribution in [0.25, 0.3) is 44.1 Å². The average molecular weight is 484 g/mol. The van der Waals surface area contributed by atoms with Gasteiger partial charge in [-0.1, -0.05) is 107 Å². The van der Waals surface area contributed by atoms with Crippen LogP contribution in [-0.2, 0) is 5.41 Å². The van der Waals surface area contributed by atoms with Crippen molar-refractivity contribution in [2.75, 3.05) is 0 Å². The van der Waals surface area contributed by atoms with Crippen molar-refractivity contribution in [2.45, 2.75) is 5.41 Å². The van der Waals surface area contributed by atoms with Crippen molar-refractivity contribution < 1.29 is 0 Å². The SMILES string of the molecule is Brc1cc2c(c3[nH]c4ccccc4c13)-c1ccccc1C21c2ccccc2-c2ccccc21. The molecule has 0 aliphatic heterocycles. The summed E-state index contributed by atoms with van der Waals surface area (Å²) in [4.78, 5) is 3.78.